The molecule has 0 bridgehead atoms. The Labute approximate surface area is 44.4 Å². The maximum Gasteiger partial charge on any atom is 0.166 e. The van der Waals surface area contributed by atoms with E-state index in [0.717, 1.165) is 0 Å². The molecule has 1 nitrogen and oxygen atoms in total. The van der Waals surface area contributed by atoms with Crippen LogP contribution in [0.5, 0.6) is 0 Å². The molecule has 0 radical (unpaired) electrons. The molecule has 0 saturated heterocycles. The van der Waals surface area contributed by atoms with Crippen molar-refractivity contribution in [2.75, 3.05) is 0 Å². The largest absolute Gasteiger partial charge is 0.355 e. The topological polar surface area (TPSA) is 20.2 Å². The van der Waals surface area contributed by atoms with Crippen LogP contribution in [0.2, 0.25) is 0 Å². The zero-order valence-electron chi connectivity index (χ0n) is 4.30. The lowest BCUT2D eigenvalue weighted by molar-refractivity contribution is 0.187. The Kier molecular flexibility index (Phi) is 1.24. The molecule has 0 aliphatic heterocycles. The second kappa shape index (κ2) is 1.74. The van der Waals surface area contributed by atoms with E-state index in [9.17, 15) is 0 Å². The van der Waals surface area contributed by atoms with Crippen LogP contribution in [0.1, 0.15) is 12.8 Å². The highest BCUT2D eigenvalue weighted by atomic mass is 16.3. The number of aliphatic hydroxyl groups excluding tert-OH is 1. The number of hydrogen-bond acceptors (Lipinski definition) is 1. The van der Waals surface area contributed by atoms with E-state index in [2.05, 4.69) is 6.92 Å². The Morgan fingerprint density at radius 3 is 2.43 bits per heavy atom. The predicted octanol–water partition coefficient (Wildman–Crippen LogP) is 0.796. The highest BCUT2D eigenvalue weighted by Gasteiger charge is 2.31. The molecule has 0 heterocycles. The van der Waals surface area contributed by atoms with Crippen LogP contribution in [0.15, 0.2) is 0 Å². The van der Waals surface area contributed by atoms with Crippen molar-refractivity contribution in [3.63, 3.8) is 0 Å². The second-order valence-electron chi connectivity index (χ2n) is 2.06. The summed E-state index contributed by atoms with van der Waals surface area (Å²) in [6.07, 6.45) is 3.76. The van der Waals surface area contributed by atoms with Gasteiger partial charge < -0.3 is 5.11 Å². The fourth-order valence-corrected chi connectivity index (χ4v) is 0.630. The van der Waals surface area contributed by atoms with E-state index in [-0.39, 0.29) is 6.10 Å². The predicted molar refractivity (Wildman–Crippen MR) is 28.4 cm³/mol. The molecule has 40 valence electrons. The molecule has 1 aliphatic carbocycles. The summed E-state index contributed by atoms with van der Waals surface area (Å²) in [6.45, 7) is 3.47. The summed E-state index contributed by atoms with van der Waals surface area (Å²) in [7, 11) is 0. The zero-order valence-corrected chi connectivity index (χ0v) is 4.30. The highest BCUT2D eigenvalue weighted by molar-refractivity contribution is 4.90. The zero-order chi connectivity index (χ0) is 5.28. The lowest BCUT2D eigenvalue weighted by Crippen LogP contribution is -2.06. The lowest BCUT2D eigenvalue weighted by Gasteiger charge is -1.96. The van der Waals surface area contributed by atoms with Crippen molar-refractivity contribution >= 4 is 0 Å². The molecule has 1 aliphatic rings. The molecule has 0 aromatic carbocycles. The van der Waals surface area contributed by atoms with Crippen LogP contribution in [0, 0.1) is 19.3 Å². The molecule has 1 atom stereocenters. The van der Waals surface area contributed by atoms with Gasteiger partial charge in [-0.3, -0.25) is 0 Å². The van der Waals surface area contributed by atoms with Gasteiger partial charge in [-0.25, -0.2) is 0 Å². The molecular weight excluding hydrogens is 88.1 g/mol. The Balaban J connectivity index is 2.10. The molecule has 7 heavy (non-hydrogen) atoms. The van der Waals surface area contributed by atoms with Crippen molar-refractivity contribution in [3.05, 3.63) is 13.3 Å². The van der Waals surface area contributed by atoms with Gasteiger partial charge in [-0.1, -0.05) is 0 Å². The van der Waals surface area contributed by atoms with Crippen LogP contribution in [-0.4, -0.2) is 11.2 Å². The Morgan fingerprint density at radius 1 is 1.71 bits per heavy atom. The standard InChI is InChI=1S/C6H10O/c1-2-6(7)5-3-4-5/h2,5-7H,1,3-4H2/t6-/m1/s1. The minimum atomic E-state index is -0.222. The van der Waals surface area contributed by atoms with Crippen molar-refractivity contribution < 1.29 is 5.11 Å². The molecule has 0 aromatic heterocycles. The van der Waals surface area contributed by atoms with E-state index < -0.39 is 0 Å². The molecule has 0 unspecified atom stereocenters. The fraction of sp³-hybridized carbons (Fsp3) is 0.667. The summed E-state index contributed by atoms with van der Waals surface area (Å²) in [5.41, 5.74) is 0. The van der Waals surface area contributed by atoms with Gasteiger partial charge in [0, 0.05) is 5.92 Å². The molecule has 0 spiro atoms. The van der Waals surface area contributed by atoms with Gasteiger partial charge >= 0.3 is 0 Å². The number of rotatable bonds is 2. The summed E-state index contributed by atoms with van der Waals surface area (Å²) in [4.78, 5) is 0. The molecule has 0 amide bonds. The Morgan fingerprint density at radius 2 is 2.29 bits per heavy atom. The van der Waals surface area contributed by atoms with Gasteiger partial charge in [0.15, 0.2) is 6.10 Å². The van der Waals surface area contributed by atoms with Gasteiger partial charge in [0.25, 0.3) is 0 Å². The fourth-order valence-electron chi connectivity index (χ4n) is 0.630. The number of hydrogen-bond donors (Lipinski definition) is 1. The van der Waals surface area contributed by atoms with Crippen molar-refractivity contribution in [1.82, 2.24) is 0 Å². The lowest BCUT2D eigenvalue weighted by atomic mass is 10.2. The molecule has 1 fully saturated rings. The van der Waals surface area contributed by atoms with Crippen LogP contribution < -0.4 is 0 Å². The molecule has 1 saturated carbocycles. The van der Waals surface area contributed by atoms with E-state index in [4.69, 9.17) is 5.11 Å². The van der Waals surface area contributed by atoms with E-state index in [1.165, 1.54) is 12.8 Å². The summed E-state index contributed by atoms with van der Waals surface area (Å²) >= 11 is 0. The quantitative estimate of drug-likeness (QED) is 0.506. The maximum atomic E-state index is 8.88. The van der Waals surface area contributed by atoms with E-state index >= 15 is 0 Å². The van der Waals surface area contributed by atoms with E-state index in [0.29, 0.717) is 5.92 Å². The summed E-state index contributed by atoms with van der Waals surface area (Å²) in [5, 5.41) is 8.88. The van der Waals surface area contributed by atoms with Crippen LogP contribution in [0.3, 0.4) is 0 Å². The summed E-state index contributed by atoms with van der Waals surface area (Å²) < 4.78 is 0. The van der Waals surface area contributed by atoms with Crippen LogP contribution in [-0.2, 0) is 0 Å². The Bertz CT molecular complexity index is 57.2. The first-order valence-electron chi connectivity index (χ1n) is 2.65. The van der Waals surface area contributed by atoms with Crippen molar-refractivity contribution in [2.24, 2.45) is 5.92 Å². The summed E-state index contributed by atoms with van der Waals surface area (Å²) in [6, 6.07) is 0. The van der Waals surface area contributed by atoms with Crippen LogP contribution in [0.25, 0.3) is 0 Å². The monoisotopic (exact) mass is 98.1 g/mol. The first-order valence-corrected chi connectivity index (χ1v) is 2.65. The van der Waals surface area contributed by atoms with Gasteiger partial charge in [0.2, 0.25) is 0 Å². The van der Waals surface area contributed by atoms with E-state index in [1.807, 2.05) is 0 Å². The molecule has 1 rings (SSSR count). The van der Waals surface area contributed by atoms with E-state index in [1.54, 1.807) is 6.42 Å². The molecule has 0 aromatic rings. The minimum absolute atomic E-state index is 0.222. The Hall–Kier alpha value is -0.170. The minimum Gasteiger partial charge on any atom is -0.355 e. The average Bonchev–Trinajstić information content (AvgIpc) is 2.44. The van der Waals surface area contributed by atoms with Crippen molar-refractivity contribution in [3.8, 4) is 0 Å². The van der Waals surface area contributed by atoms with Gasteiger partial charge in [-0.15, -0.1) is 6.92 Å². The summed E-state index contributed by atoms with van der Waals surface area (Å²) in [5.74, 6) is 0.553. The first kappa shape index (κ1) is 4.98. The van der Waals surface area contributed by atoms with Gasteiger partial charge in [-0.2, -0.15) is 0 Å². The molecule has 1 heteroatoms. The number of aliphatic hydroxyl groups is 1. The van der Waals surface area contributed by atoms with Crippen molar-refractivity contribution in [1.29, 1.82) is 0 Å². The smallest absolute Gasteiger partial charge is 0.166 e. The normalized spacial score (nSPS) is 24.3. The van der Waals surface area contributed by atoms with Gasteiger partial charge in [0.05, 0.1) is 0 Å². The van der Waals surface area contributed by atoms with Gasteiger partial charge in [-0.05, 0) is 19.3 Å². The van der Waals surface area contributed by atoms with Crippen LogP contribution >= 0.6 is 0 Å². The first-order chi connectivity index (χ1) is 3.34. The van der Waals surface area contributed by atoms with Crippen molar-refractivity contribution in [2.45, 2.75) is 18.9 Å². The molecule has 1 N–H and O–H groups in total. The maximum absolute atomic E-state index is 8.88. The second-order valence-corrected chi connectivity index (χ2v) is 2.06. The van der Waals surface area contributed by atoms with Crippen LogP contribution in [0.4, 0.5) is 0 Å². The SMILES string of the molecule is [CH2-][CH+][C@@H](O)C1CC1. The molecular formula is C6H10O. The third kappa shape index (κ3) is 1.10. The third-order valence-corrected chi connectivity index (χ3v) is 1.35. The third-order valence-electron chi connectivity index (χ3n) is 1.35. The highest BCUT2D eigenvalue weighted by Crippen LogP contribution is 2.33. The average molecular weight is 98.1 g/mol. The van der Waals surface area contributed by atoms with Gasteiger partial charge in [0.1, 0.15) is 0 Å².